The van der Waals surface area contributed by atoms with Crippen LogP contribution in [0.4, 0.5) is 0 Å². The molecule has 1 N–H and O–H groups in total. The SMILES string of the molecule is CNCCc1nnn(-c2cccc(Cl)c2)n1. The van der Waals surface area contributed by atoms with Crippen LogP contribution in [0.3, 0.4) is 0 Å². The third-order valence-electron chi connectivity index (χ3n) is 2.09. The molecule has 6 heteroatoms. The van der Waals surface area contributed by atoms with Crippen molar-refractivity contribution in [2.75, 3.05) is 13.6 Å². The summed E-state index contributed by atoms with van der Waals surface area (Å²) in [5, 5.41) is 15.9. The fourth-order valence-electron chi connectivity index (χ4n) is 1.29. The number of tetrazole rings is 1. The monoisotopic (exact) mass is 237 g/mol. The van der Waals surface area contributed by atoms with Crippen LogP contribution in [0.1, 0.15) is 5.82 Å². The molecule has 0 aliphatic rings. The highest BCUT2D eigenvalue weighted by Crippen LogP contribution is 2.12. The first-order valence-corrected chi connectivity index (χ1v) is 5.37. The van der Waals surface area contributed by atoms with E-state index in [0.29, 0.717) is 10.8 Å². The first-order chi connectivity index (χ1) is 7.79. The summed E-state index contributed by atoms with van der Waals surface area (Å²) in [7, 11) is 1.89. The van der Waals surface area contributed by atoms with Crippen molar-refractivity contribution in [2.45, 2.75) is 6.42 Å². The minimum atomic E-state index is 0.659. The van der Waals surface area contributed by atoms with Crippen molar-refractivity contribution in [3.05, 3.63) is 35.1 Å². The van der Waals surface area contributed by atoms with E-state index in [4.69, 9.17) is 11.6 Å². The van der Waals surface area contributed by atoms with Crippen molar-refractivity contribution in [1.29, 1.82) is 0 Å². The van der Waals surface area contributed by atoms with E-state index in [1.54, 1.807) is 6.07 Å². The summed E-state index contributed by atoms with van der Waals surface area (Å²) in [6, 6.07) is 7.35. The molecule has 1 aromatic carbocycles. The molecular formula is C10H12ClN5. The maximum absolute atomic E-state index is 5.89. The van der Waals surface area contributed by atoms with E-state index in [9.17, 15) is 0 Å². The Hall–Kier alpha value is -1.46. The van der Waals surface area contributed by atoms with Crippen LogP contribution in [0.5, 0.6) is 0 Å². The number of nitrogens with one attached hydrogen (secondary N) is 1. The van der Waals surface area contributed by atoms with Crippen molar-refractivity contribution < 1.29 is 0 Å². The van der Waals surface area contributed by atoms with Crippen LogP contribution in [-0.4, -0.2) is 33.8 Å². The molecule has 2 aromatic rings. The molecule has 0 radical (unpaired) electrons. The van der Waals surface area contributed by atoms with Crippen LogP contribution in [0.15, 0.2) is 24.3 Å². The van der Waals surface area contributed by atoms with Gasteiger partial charge in [0.15, 0.2) is 5.82 Å². The van der Waals surface area contributed by atoms with E-state index in [-0.39, 0.29) is 0 Å². The normalized spacial score (nSPS) is 10.6. The number of halogens is 1. The van der Waals surface area contributed by atoms with Gasteiger partial charge >= 0.3 is 0 Å². The van der Waals surface area contributed by atoms with Crippen LogP contribution in [0.25, 0.3) is 5.69 Å². The largest absolute Gasteiger partial charge is 0.319 e. The van der Waals surface area contributed by atoms with E-state index in [0.717, 1.165) is 18.7 Å². The second-order valence-electron chi connectivity index (χ2n) is 3.33. The number of hydrogen-bond donors (Lipinski definition) is 1. The number of benzene rings is 1. The minimum absolute atomic E-state index is 0.659. The minimum Gasteiger partial charge on any atom is -0.319 e. The first-order valence-electron chi connectivity index (χ1n) is 4.99. The lowest BCUT2D eigenvalue weighted by molar-refractivity contribution is 0.713. The molecule has 0 amide bonds. The van der Waals surface area contributed by atoms with Gasteiger partial charge in [-0.25, -0.2) is 0 Å². The van der Waals surface area contributed by atoms with Crippen molar-refractivity contribution >= 4 is 11.6 Å². The molecule has 0 aliphatic heterocycles. The molecule has 5 nitrogen and oxygen atoms in total. The Labute approximate surface area is 98.4 Å². The zero-order chi connectivity index (χ0) is 11.4. The number of aromatic nitrogens is 4. The number of nitrogens with zero attached hydrogens (tertiary/aromatic N) is 4. The molecule has 0 aliphatic carbocycles. The molecule has 1 heterocycles. The Bertz CT molecular complexity index is 468. The van der Waals surface area contributed by atoms with E-state index >= 15 is 0 Å². The van der Waals surface area contributed by atoms with Gasteiger partial charge in [0.05, 0.1) is 5.69 Å². The average Bonchev–Trinajstić information content (AvgIpc) is 2.75. The number of likely N-dealkylation sites (N-methyl/N-ethyl adjacent to an activating group) is 1. The van der Waals surface area contributed by atoms with Crippen LogP contribution < -0.4 is 5.32 Å². The Morgan fingerprint density at radius 3 is 3.06 bits per heavy atom. The van der Waals surface area contributed by atoms with Gasteiger partial charge in [0, 0.05) is 18.0 Å². The zero-order valence-electron chi connectivity index (χ0n) is 8.89. The summed E-state index contributed by atoms with van der Waals surface area (Å²) in [4.78, 5) is 1.48. The Morgan fingerprint density at radius 2 is 2.31 bits per heavy atom. The Kier molecular flexibility index (Phi) is 3.48. The molecule has 16 heavy (non-hydrogen) atoms. The fraction of sp³-hybridized carbons (Fsp3) is 0.300. The Balaban J connectivity index is 2.18. The highest BCUT2D eigenvalue weighted by Gasteiger charge is 2.04. The van der Waals surface area contributed by atoms with Crippen LogP contribution in [0, 0.1) is 0 Å². The van der Waals surface area contributed by atoms with Gasteiger partial charge < -0.3 is 5.32 Å². The van der Waals surface area contributed by atoms with Gasteiger partial charge in [0.1, 0.15) is 0 Å². The van der Waals surface area contributed by atoms with Crippen LogP contribution in [-0.2, 0) is 6.42 Å². The lowest BCUT2D eigenvalue weighted by atomic mass is 10.3. The molecule has 0 spiro atoms. The molecule has 0 fully saturated rings. The molecule has 0 bridgehead atoms. The summed E-state index contributed by atoms with van der Waals surface area (Å²) in [5.74, 6) is 0.717. The predicted octanol–water partition coefficient (Wildman–Crippen LogP) is 1.08. The molecule has 0 saturated heterocycles. The summed E-state index contributed by atoms with van der Waals surface area (Å²) < 4.78 is 0. The van der Waals surface area contributed by atoms with Gasteiger partial charge in [-0.2, -0.15) is 0 Å². The van der Waals surface area contributed by atoms with E-state index in [2.05, 4.69) is 20.7 Å². The average molecular weight is 238 g/mol. The number of hydrogen-bond acceptors (Lipinski definition) is 4. The van der Waals surface area contributed by atoms with Crippen LogP contribution in [0.2, 0.25) is 5.02 Å². The second kappa shape index (κ2) is 5.05. The fourth-order valence-corrected chi connectivity index (χ4v) is 1.47. The zero-order valence-corrected chi connectivity index (χ0v) is 9.65. The predicted molar refractivity (Wildman–Crippen MR) is 61.8 cm³/mol. The van der Waals surface area contributed by atoms with Gasteiger partial charge in [-0.1, -0.05) is 17.7 Å². The second-order valence-corrected chi connectivity index (χ2v) is 3.76. The molecule has 0 saturated carbocycles. The topological polar surface area (TPSA) is 55.6 Å². The Morgan fingerprint density at radius 1 is 1.44 bits per heavy atom. The third-order valence-corrected chi connectivity index (χ3v) is 2.33. The summed E-state index contributed by atoms with van der Waals surface area (Å²) in [6.45, 7) is 0.835. The van der Waals surface area contributed by atoms with Gasteiger partial charge in [-0.3, -0.25) is 0 Å². The summed E-state index contributed by atoms with van der Waals surface area (Å²) >= 11 is 5.89. The van der Waals surface area contributed by atoms with E-state index < -0.39 is 0 Å². The molecule has 0 unspecified atom stereocenters. The van der Waals surface area contributed by atoms with Crippen molar-refractivity contribution in [2.24, 2.45) is 0 Å². The van der Waals surface area contributed by atoms with E-state index in [1.165, 1.54) is 4.80 Å². The maximum atomic E-state index is 5.89. The highest BCUT2D eigenvalue weighted by molar-refractivity contribution is 6.30. The molecular weight excluding hydrogens is 226 g/mol. The standard InChI is InChI=1S/C10H12ClN5/c1-12-6-5-10-13-15-16(14-10)9-4-2-3-8(11)7-9/h2-4,7,12H,5-6H2,1H3. The lowest BCUT2D eigenvalue weighted by Gasteiger charge is -1.97. The van der Waals surface area contributed by atoms with Crippen molar-refractivity contribution in [1.82, 2.24) is 25.5 Å². The maximum Gasteiger partial charge on any atom is 0.176 e. The van der Waals surface area contributed by atoms with Gasteiger partial charge in [-0.05, 0) is 30.5 Å². The first kappa shape index (κ1) is 11.0. The lowest BCUT2D eigenvalue weighted by Crippen LogP contribution is -2.11. The van der Waals surface area contributed by atoms with Gasteiger partial charge in [0.2, 0.25) is 0 Å². The van der Waals surface area contributed by atoms with Crippen LogP contribution >= 0.6 is 11.6 Å². The number of rotatable bonds is 4. The summed E-state index contributed by atoms with van der Waals surface area (Å²) in [6.07, 6.45) is 0.761. The highest BCUT2D eigenvalue weighted by atomic mass is 35.5. The molecule has 0 atom stereocenters. The molecule has 2 rings (SSSR count). The quantitative estimate of drug-likeness (QED) is 0.865. The van der Waals surface area contributed by atoms with Crippen molar-refractivity contribution in [3.63, 3.8) is 0 Å². The van der Waals surface area contributed by atoms with Crippen molar-refractivity contribution in [3.8, 4) is 5.69 Å². The smallest absolute Gasteiger partial charge is 0.176 e. The molecule has 1 aromatic heterocycles. The summed E-state index contributed by atoms with van der Waals surface area (Å²) in [5.41, 5.74) is 0.815. The van der Waals surface area contributed by atoms with Gasteiger partial charge in [-0.15, -0.1) is 15.0 Å². The molecule has 84 valence electrons. The van der Waals surface area contributed by atoms with Gasteiger partial charge in [0.25, 0.3) is 0 Å². The van der Waals surface area contributed by atoms with E-state index in [1.807, 2.05) is 25.2 Å². The third kappa shape index (κ3) is 2.56.